The third-order valence-corrected chi connectivity index (χ3v) is 4.49. The summed E-state index contributed by atoms with van der Waals surface area (Å²) in [5, 5.41) is 0. The summed E-state index contributed by atoms with van der Waals surface area (Å²) >= 11 is 0. The molecule has 2 N–H and O–H groups in total. The van der Waals surface area contributed by atoms with E-state index >= 15 is 0 Å². The second-order valence-corrected chi connectivity index (χ2v) is 5.88. The van der Waals surface area contributed by atoms with E-state index in [1.54, 1.807) is 0 Å². The number of nitrogens with two attached hydrogens (primary N) is 1. The van der Waals surface area contributed by atoms with Gasteiger partial charge in [-0.1, -0.05) is 0 Å². The van der Waals surface area contributed by atoms with Crippen molar-refractivity contribution in [1.82, 2.24) is 0 Å². The molecule has 0 radical (unpaired) electrons. The molecule has 0 saturated carbocycles. The second kappa shape index (κ2) is 5.71. The molecule has 4 heteroatoms. The molecular formula is C7H19NO2Si. The number of rotatable bonds is 6. The SMILES string of the molecule is CCO[Si](C)(CCN)OCC. The van der Waals surface area contributed by atoms with Gasteiger partial charge in [0.15, 0.2) is 0 Å². The molecule has 0 amide bonds. The van der Waals surface area contributed by atoms with Crippen molar-refractivity contribution < 1.29 is 8.85 Å². The Morgan fingerprint density at radius 1 is 1.18 bits per heavy atom. The Labute approximate surface area is 70.1 Å². The fourth-order valence-corrected chi connectivity index (χ4v) is 3.18. The van der Waals surface area contributed by atoms with E-state index in [1.165, 1.54) is 0 Å². The van der Waals surface area contributed by atoms with Gasteiger partial charge in [0.1, 0.15) is 0 Å². The maximum absolute atomic E-state index is 5.55. The van der Waals surface area contributed by atoms with Gasteiger partial charge in [-0.05, 0) is 26.9 Å². The lowest BCUT2D eigenvalue weighted by molar-refractivity contribution is 0.189. The first-order chi connectivity index (χ1) is 5.18. The Bertz CT molecular complexity index is 83.4. The smallest absolute Gasteiger partial charge is 0.336 e. The maximum Gasteiger partial charge on any atom is 0.336 e. The van der Waals surface area contributed by atoms with Crippen LogP contribution < -0.4 is 5.73 Å². The van der Waals surface area contributed by atoms with Crippen LogP contribution in [0.15, 0.2) is 0 Å². The molecule has 3 nitrogen and oxygen atoms in total. The highest BCUT2D eigenvalue weighted by Gasteiger charge is 2.29. The van der Waals surface area contributed by atoms with Crippen LogP contribution >= 0.6 is 0 Å². The molecule has 0 aromatic rings. The van der Waals surface area contributed by atoms with Crippen molar-refractivity contribution in [2.24, 2.45) is 5.73 Å². The van der Waals surface area contributed by atoms with Gasteiger partial charge in [0, 0.05) is 19.3 Å². The Balaban J connectivity index is 3.79. The molecule has 0 aliphatic heterocycles. The van der Waals surface area contributed by atoms with E-state index in [2.05, 4.69) is 6.55 Å². The molecule has 0 rings (SSSR count). The first kappa shape index (κ1) is 11.1. The average Bonchev–Trinajstić information content (AvgIpc) is 1.88. The zero-order valence-corrected chi connectivity index (χ0v) is 8.72. The summed E-state index contributed by atoms with van der Waals surface area (Å²) in [6, 6.07) is 0.884. The third-order valence-electron chi connectivity index (χ3n) is 1.50. The molecule has 0 aliphatic rings. The zero-order valence-electron chi connectivity index (χ0n) is 7.72. The lowest BCUT2D eigenvalue weighted by Gasteiger charge is -2.25. The zero-order chi connectivity index (χ0) is 8.74. The van der Waals surface area contributed by atoms with Crippen molar-refractivity contribution in [3.05, 3.63) is 0 Å². The molecule has 0 saturated heterocycles. The molecule has 0 spiro atoms. The fraction of sp³-hybridized carbons (Fsp3) is 1.00. The van der Waals surface area contributed by atoms with E-state index in [-0.39, 0.29) is 0 Å². The van der Waals surface area contributed by atoms with Crippen LogP contribution in [0.2, 0.25) is 12.6 Å². The molecule has 0 heterocycles. The summed E-state index contributed by atoms with van der Waals surface area (Å²) in [5.74, 6) is 0. The van der Waals surface area contributed by atoms with Crippen molar-refractivity contribution in [2.45, 2.75) is 26.4 Å². The van der Waals surface area contributed by atoms with Gasteiger partial charge in [-0.2, -0.15) is 0 Å². The molecule has 11 heavy (non-hydrogen) atoms. The van der Waals surface area contributed by atoms with Crippen LogP contribution in [0.5, 0.6) is 0 Å². The van der Waals surface area contributed by atoms with Gasteiger partial charge in [-0.15, -0.1) is 0 Å². The van der Waals surface area contributed by atoms with Gasteiger partial charge in [-0.25, -0.2) is 0 Å². The largest absolute Gasteiger partial charge is 0.395 e. The molecule has 68 valence electrons. The molecule has 0 atom stereocenters. The molecule has 0 unspecified atom stereocenters. The number of hydrogen-bond acceptors (Lipinski definition) is 3. The van der Waals surface area contributed by atoms with Gasteiger partial charge in [0.25, 0.3) is 0 Å². The van der Waals surface area contributed by atoms with Crippen molar-refractivity contribution in [2.75, 3.05) is 19.8 Å². The van der Waals surface area contributed by atoms with Gasteiger partial charge in [-0.3, -0.25) is 0 Å². The van der Waals surface area contributed by atoms with Crippen LogP contribution in [0, 0.1) is 0 Å². The van der Waals surface area contributed by atoms with E-state index in [0.29, 0.717) is 6.54 Å². The Kier molecular flexibility index (Phi) is 5.76. The summed E-state index contributed by atoms with van der Waals surface area (Å²) in [5.41, 5.74) is 5.45. The average molecular weight is 177 g/mol. The van der Waals surface area contributed by atoms with Gasteiger partial charge < -0.3 is 14.6 Å². The molecule has 0 aromatic heterocycles. The topological polar surface area (TPSA) is 44.5 Å². The normalized spacial score (nSPS) is 12.0. The Morgan fingerprint density at radius 3 is 1.91 bits per heavy atom. The van der Waals surface area contributed by atoms with Gasteiger partial charge in [0.2, 0.25) is 0 Å². The van der Waals surface area contributed by atoms with E-state index in [9.17, 15) is 0 Å². The quantitative estimate of drug-likeness (QED) is 0.618. The summed E-state index contributed by atoms with van der Waals surface area (Å²) in [4.78, 5) is 0. The predicted molar refractivity (Wildman–Crippen MR) is 48.7 cm³/mol. The Morgan fingerprint density at radius 2 is 1.64 bits per heavy atom. The van der Waals surface area contributed by atoms with Crippen molar-refractivity contribution in [3.8, 4) is 0 Å². The van der Waals surface area contributed by atoms with Crippen LogP contribution in [-0.2, 0) is 8.85 Å². The van der Waals surface area contributed by atoms with Crippen molar-refractivity contribution >= 4 is 8.56 Å². The van der Waals surface area contributed by atoms with E-state index in [4.69, 9.17) is 14.6 Å². The lowest BCUT2D eigenvalue weighted by Crippen LogP contribution is -2.40. The lowest BCUT2D eigenvalue weighted by atomic mass is 10.8. The van der Waals surface area contributed by atoms with Gasteiger partial charge >= 0.3 is 8.56 Å². The van der Waals surface area contributed by atoms with Crippen LogP contribution in [0.3, 0.4) is 0 Å². The second-order valence-electron chi connectivity index (χ2n) is 2.54. The Hall–Kier alpha value is 0.0969. The van der Waals surface area contributed by atoms with Crippen LogP contribution in [-0.4, -0.2) is 28.3 Å². The fourth-order valence-electron chi connectivity index (χ4n) is 1.06. The predicted octanol–water partition coefficient (Wildman–Crippen LogP) is 1.09. The molecular weight excluding hydrogens is 158 g/mol. The summed E-state index contributed by atoms with van der Waals surface area (Å²) < 4.78 is 11.1. The highest BCUT2D eigenvalue weighted by Crippen LogP contribution is 2.11. The molecule has 0 bridgehead atoms. The van der Waals surface area contributed by atoms with Crippen LogP contribution in [0.4, 0.5) is 0 Å². The molecule has 0 fully saturated rings. The van der Waals surface area contributed by atoms with Crippen molar-refractivity contribution in [3.63, 3.8) is 0 Å². The monoisotopic (exact) mass is 177 g/mol. The van der Waals surface area contributed by atoms with E-state index < -0.39 is 8.56 Å². The van der Waals surface area contributed by atoms with E-state index in [0.717, 1.165) is 19.3 Å². The summed E-state index contributed by atoms with van der Waals surface area (Å²) in [6.07, 6.45) is 0. The molecule has 0 aromatic carbocycles. The first-order valence-corrected chi connectivity index (χ1v) is 6.69. The minimum atomic E-state index is -1.87. The number of hydrogen-bond donors (Lipinski definition) is 1. The van der Waals surface area contributed by atoms with Crippen LogP contribution in [0.1, 0.15) is 13.8 Å². The minimum absolute atomic E-state index is 0.655. The summed E-state index contributed by atoms with van der Waals surface area (Å²) in [6.45, 7) is 8.14. The first-order valence-electron chi connectivity index (χ1n) is 4.16. The highest BCUT2D eigenvalue weighted by atomic mass is 28.4. The van der Waals surface area contributed by atoms with E-state index in [1.807, 2.05) is 13.8 Å². The van der Waals surface area contributed by atoms with Gasteiger partial charge in [0.05, 0.1) is 0 Å². The third kappa shape index (κ3) is 4.52. The standard InChI is InChI=1S/C7H19NO2Si/c1-4-9-11(3,7-6-8)10-5-2/h4-8H2,1-3H3. The van der Waals surface area contributed by atoms with Crippen LogP contribution in [0.25, 0.3) is 0 Å². The molecule has 0 aliphatic carbocycles. The van der Waals surface area contributed by atoms with Crippen molar-refractivity contribution in [1.29, 1.82) is 0 Å². The maximum atomic E-state index is 5.55. The summed E-state index contributed by atoms with van der Waals surface area (Å²) in [7, 11) is -1.87. The minimum Gasteiger partial charge on any atom is -0.395 e. The highest BCUT2D eigenvalue weighted by molar-refractivity contribution is 6.66.